The lowest BCUT2D eigenvalue weighted by atomic mass is 10.00. The molecule has 0 unspecified atom stereocenters. The first kappa shape index (κ1) is 15.3. The van der Waals surface area contributed by atoms with E-state index in [1.165, 1.54) is 11.3 Å². The fourth-order valence-electron chi connectivity index (χ4n) is 3.05. The highest BCUT2D eigenvalue weighted by atomic mass is 15.3. The Balaban J connectivity index is 2.08. The molecule has 1 aromatic carbocycles. The van der Waals surface area contributed by atoms with Gasteiger partial charge in [0.2, 0.25) is 0 Å². The van der Waals surface area contributed by atoms with Crippen molar-refractivity contribution in [2.24, 2.45) is 0 Å². The van der Waals surface area contributed by atoms with E-state index in [1.807, 2.05) is 0 Å². The monoisotopic (exact) mass is 275 g/mol. The van der Waals surface area contributed by atoms with Gasteiger partial charge >= 0.3 is 0 Å². The number of nitrogens with one attached hydrogen (secondary N) is 1. The maximum atomic E-state index is 3.44. The molecule has 112 valence electrons. The van der Waals surface area contributed by atoms with Crippen molar-refractivity contribution in [1.82, 2.24) is 10.2 Å². The number of hydrogen-bond donors (Lipinski definition) is 1. The maximum Gasteiger partial charge on any atom is 0.0369 e. The Hall–Kier alpha value is -1.06. The molecule has 0 spiro atoms. The minimum absolute atomic E-state index is 0.210. The molecule has 0 aromatic heterocycles. The van der Waals surface area contributed by atoms with Crippen molar-refractivity contribution in [3.63, 3.8) is 0 Å². The first-order valence-corrected chi connectivity index (χ1v) is 7.80. The fraction of sp³-hybridized carbons (Fsp3) is 0.647. The summed E-state index contributed by atoms with van der Waals surface area (Å²) in [5.74, 6) is 0. The lowest BCUT2D eigenvalue weighted by molar-refractivity contribution is 0.108. The Morgan fingerprint density at radius 1 is 1.25 bits per heavy atom. The molecular weight excluding hydrogens is 246 g/mol. The second kappa shape index (κ2) is 6.59. The topological polar surface area (TPSA) is 18.5 Å². The van der Waals surface area contributed by atoms with Gasteiger partial charge < -0.3 is 10.2 Å². The first-order chi connectivity index (χ1) is 9.53. The highest BCUT2D eigenvalue weighted by molar-refractivity contribution is 5.48. The van der Waals surface area contributed by atoms with Crippen molar-refractivity contribution < 1.29 is 0 Å². The Labute approximate surface area is 124 Å². The zero-order chi connectivity index (χ0) is 14.6. The van der Waals surface area contributed by atoms with Gasteiger partial charge in [0.1, 0.15) is 0 Å². The second-order valence-electron chi connectivity index (χ2n) is 6.40. The van der Waals surface area contributed by atoms with Gasteiger partial charge in [0, 0.05) is 50.5 Å². The molecule has 1 aliphatic rings. The van der Waals surface area contributed by atoms with Crippen molar-refractivity contribution in [1.29, 1.82) is 0 Å². The molecule has 1 saturated heterocycles. The standard InChI is InChI=1S/C17H29N3/c1-5-19(16-8-6-7-15(2)13-16)14-17(3,4)20-11-9-18-10-12-20/h6-8,13,18H,5,9-12,14H2,1-4H3. The molecule has 1 fully saturated rings. The third kappa shape index (κ3) is 3.74. The first-order valence-electron chi connectivity index (χ1n) is 7.80. The average molecular weight is 275 g/mol. The average Bonchev–Trinajstić information content (AvgIpc) is 2.46. The minimum atomic E-state index is 0.210. The number of likely N-dealkylation sites (N-methyl/N-ethyl adjacent to an activating group) is 1. The van der Waals surface area contributed by atoms with Crippen LogP contribution in [-0.2, 0) is 0 Å². The number of aryl methyl sites for hydroxylation is 1. The molecule has 0 amide bonds. The van der Waals surface area contributed by atoms with Gasteiger partial charge in [-0.05, 0) is 45.4 Å². The van der Waals surface area contributed by atoms with E-state index in [-0.39, 0.29) is 5.54 Å². The summed E-state index contributed by atoms with van der Waals surface area (Å²) in [7, 11) is 0. The van der Waals surface area contributed by atoms with Gasteiger partial charge in [0.15, 0.2) is 0 Å². The van der Waals surface area contributed by atoms with Crippen LogP contribution in [0.15, 0.2) is 24.3 Å². The van der Waals surface area contributed by atoms with E-state index < -0.39 is 0 Å². The van der Waals surface area contributed by atoms with Crippen LogP contribution in [0.2, 0.25) is 0 Å². The lowest BCUT2D eigenvalue weighted by Gasteiger charge is -2.44. The van der Waals surface area contributed by atoms with Crippen LogP contribution in [0.25, 0.3) is 0 Å². The quantitative estimate of drug-likeness (QED) is 0.891. The fourth-order valence-corrected chi connectivity index (χ4v) is 3.05. The summed E-state index contributed by atoms with van der Waals surface area (Å²) in [6.45, 7) is 15.8. The van der Waals surface area contributed by atoms with Gasteiger partial charge in [-0.15, -0.1) is 0 Å². The third-order valence-electron chi connectivity index (χ3n) is 4.30. The Morgan fingerprint density at radius 3 is 2.55 bits per heavy atom. The third-order valence-corrected chi connectivity index (χ3v) is 4.30. The Morgan fingerprint density at radius 2 is 1.95 bits per heavy atom. The van der Waals surface area contributed by atoms with Crippen LogP contribution in [0, 0.1) is 6.92 Å². The van der Waals surface area contributed by atoms with E-state index in [2.05, 4.69) is 67.1 Å². The molecule has 0 bridgehead atoms. The zero-order valence-corrected chi connectivity index (χ0v) is 13.4. The van der Waals surface area contributed by atoms with Crippen molar-refractivity contribution in [2.75, 3.05) is 44.2 Å². The Kier molecular flexibility index (Phi) is 5.06. The normalized spacial score (nSPS) is 17.2. The van der Waals surface area contributed by atoms with Gasteiger partial charge in [0.05, 0.1) is 0 Å². The smallest absolute Gasteiger partial charge is 0.0369 e. The number of benzene rings is 1. The molecule has 3 nitrogen and oxygen atoms in total. The highest BCUT2D eigenvalue weighted by Gasteiger charge is 2.29. The van der Waals surface area contributed by atoms with Gasteiger partial charge in [-0.3, -0.25) is 4.90 Å². The van der Waals surface area contributed by atoms with E-state index >= 15 is 0 Å². The molecule has 0 radical (unpaired) electrons. The second-order valence-corrected chi connectivity index (χ2v) is 6.40. The van der Waals surface area contributed by atoms with E-state index in [1.54, 1.807) is 0 Å². The van der Waals surface area contributed by atoms with Gasteiger partial charge in [-0.1, -0.05) is 12.1 Å². The number of piperazine rings is 1. The van der Waals surface area contributed by atoms with Crippen LogP contribution in [-0.4, -0.2) is 49.7 Å². The largest absolute Gasteiger partial charge is 0.370 e. The minimum Gasteiger partial charge on any atom is -0.370 e. The summed E-state index contributed by atoms with van der Waals surface area (Å²) >= 11 is 0. The predicted octanol–water partition coefficient (Wildman–Crippen LogP) is 2.51. The summed E-state index contributed by atoms with van der Waals surface area (Å²) in [6, 6.07) is 8.84. The SMILES string of the molecule is CCN(CC(C)(C)N1CCNCC1)c1cccc(C)c1. The molecule has 1 heterocycles. The van der Waals surface area contributed by atoms with Crippen LogP contribution >= 0.6 is 0 Å². The van der Waals surface area contributed by atoms with Gasteiger partial charge in [-0.25, -0.2) is 0 Å². The summed E-state index contributed by atoms with van der Waals surface area (Å²) < 4.78 is 0. The van der Waals surface area contributed by atoms with E-state index in [9.17, 15) is 0 Å². The van der Waals surface area contributed by atoms with E-state index in [0.717, 1.165) is 39.3 Å². The van der Waals surface area contributed by atoms with Crippen molar-refractivity contribution in [3.8, 4) is 0 Å². The number of rotatable bonds is 5. The van der Waals surface area contributed by atoms with Crippen molar-refractivity contribution in [3.05, 3.63) is 29.8 Å². The van der Waals surface area contributed by atoms with Gasteiger partial charge in [0.25, 0.3) is 0 Å². The summed E-state index contributed by atoms with van der Waals surface area (Å²) in [5.41, 5.74) is 2.89. The van der Waals surface area contributed by atoms with Crippen LogP contribution in [0.5, 0.6) is 0 Å². The molecular formula is C17H29N3. The van der Waals surface area contributed by atoms with Crippen LogP contribution in [0.4, 0.5) is 5.69 Å². The van der Waals surface area contributed by atoms with Crippen LogP contribution < -0.4 is 10.2 Å². The van der Waals surface area contributed by atoms with Crippen LogP contribution in [0.1, 0.15) is 26.3 Å². The number of anilines is 1. The number of nitrogens with zero attached hydrogens (tertiary/aromatic N) is 2. The molecule has 0 atom stereocenters. The molecule has 0 aliphatic carbocycles. The molecule has 20 heavy (non-hydrogen) atoms. The van der Waals surface area contributed by atoms with E-state index in [0.29, 0.717) is 0 Å². The molecule has 3 heteroatoms. The van der Waals surface area contributed by atoms with Crippen molar-refractivity contribution in [2.45, 2.75) is 33.2 Å². The molecule has 1 aromatic rings. The van der Waals surface area contributed by atoms with E-state index in [4.69, 9.17) is 0 Å². The molecule has 2 rings (SSSR count). The maximum absolute atomic E-state index is 3.44. The summed E-state index contributed by atoms with van der Waals surface area (Å²) in [5, 5.41) is 3.44. The summed E-state index contributed by atoms with van der Waals surface area (Å²) in [6.07, 6.45) is 0. The van der Waals surface area contributed by atoms with Gasteiger partial charge in [-0.2, -0.15) is 0 Å². The van der Waals surface area contributed by atoms with Crippen molar-refractivity contribution >= 4 is 5.69 Å². The summed E-state index contributed by atoms with van der Waals surface area (Å²) in [4.78, 5) is 5.11. The zero-order valence-electron chi connectivity index (χ0n) is 13.4. The predicted molar refractivity (Wildman–Crippen MR) is 87.6 cm³/mol. The lowest BCUT2D eigenvalue weighted by Crippen LogP contribution is -2.57. The Bertz CT molecular complexity index is 422. The number of hydrogen-bond acceptors (Lipinski definition) is 3. The molecule has 1 N–H and O–H groups in total. The highest BCUT2D eigenvalue weighted by Crippen LogP contribution is 2.22. The molecule has 1 aliphatic heterocycles. The van der Waals surface area contributed by atoms with Crippen LogP contribution in [0.3, 0.4) is 0 Å². The molecule has 0 saturated carbocycles.